The highest BCUT2D eigenvalue weighted by Gasteiger charge is 2.52. The van der Waals surface area contributed by atoms with Crippen molar-refractivity contribution in [3.05, 3.63) is 0 Å². The van der Waals surface area contributed by atoms with Crippen LogP contribution in [-0.4, -0.2) is 46.4 Å². The zero-order valence-corrected chi connectivity index (χ0v) is 12.4. The Labute approximate surface area is 117 Å². The summed E-state index contributed by atoms with van der Waals surface area (Å²) in [5, 5.41) is 0.0183. The molecule has 0 aromatic heterocycles. The third-order valence-electron chi connectivity index (χ3n) is 2.38. The number of carbonyl (C=O) groups excluding carboxylic acids is 2. The molecule has 1 amide bonds. The summed E-state index contributed by atoms with van der Waals surface area (Å²) in [5.41, 5.74) is -1.08. The molecule has 0 unspecified atom stereocenters. The average molecular weight is 350 g/mol. The van der Waals surface area contributed by atoms with Crippen LogP contribution in [-0.2, 0) is 9.59 Å². The number of amides is 1. The van der Waals surface area contributed by atoms with Gasteiger partial charge in [-0.1, -0.05) is 15.9 Å². The van der Waals surface area contributed by atoms with E-state index in [1.807, 2.05) is 0 Å². The molecule has 19 heavy (non-hydrogen) atoms. The van der Waals surface area contributed by atoms with Crippen LogP contribution in [0.3, 0.4) is 0 Å². The van der Waals surface area contributed by atoms with Gasteiger partial charge >= 0.3 is 12.3 Å². The Morgan fingerprint density at radius 3 is 2.00 bits per heavy atom. The first-order valence-electron chi connectivity index (χ1n) is 5.50. The van der Waals surface area contributed by atoms with Gasteiger partial charge in [0.2, 0.25) is 0 Å². The van der Waals surface area contributed by atoms with Gasteiger partial charge in [-0.2, -0.15) is 8.78 Å². The van der Waals surface area contributed by atoms with Crippen molar-refractivity contribution in [3.63, 3.8) is 0 Å². The lowest BCUT2D eigenvalue weighted by atomic mass is 10.0. The van der Waals surface area contributed by atoms with E-state index < -0.39 is 23.8 Å². The highest BCUT2D eigenvalue weighted by Crippen LogP contribution is 2.28. The lowest BCUT2D eigenvalue weighted by molar-refractivity contribution is -0.185. The highest BCUT2D eigenvalue weighted by molar-refractivity contribution is 9.09. The molecule has 0 aromatic rings. The van der Waals surface area contributed by atoms with Crippen molar-refractivity contribution < 1.29 is 27.2 Å². The summed E-state index contributed by atoms with van der Waals surface area (Å²) >= 11 is 2.89. The first kappa shape index (κ1) is 18.3. The Morgan fingerprint density at radius 1 is 1.21 bits per heavy atom. The summed E-state index contributed by atoms with van der Waals surface area (Å²) in [7, 11) is 0. The Hall–Kier alpha value is -0.660. The maximum atomic E-state index is 13.1. The first-order chi connectivity index (χ1) is 8.44. The number of halogens is 5. The SMILES string of the molecule is CC(C)(C)N(CCC(=O)CBr)C(=O)C(F)(F)C(F)F. The molecule has 0 aromatic carbocycles. The molecule has 0 heterocycles. The van der Waals surface area contributed by atoms with Crippen molar-refractivity contribution in [2.45, 2.75) is 45.1 Å². The van der Waals surface area contributed by atoms with Gasteiger partial charge in [0.05, 0.1) is 5.33 Å². The smallest absolute Gasteiger partial charge is 0.332 e. The molecule has 0 radical (unpaired) electrons. The van der Waals surface area contributed by atoms with E-state index in [2.05, 4.69) is 15.9 Å². The molecule has 3 nitrogen and oxygen atoms in total. The summed E-state index contributed by atoms with van der Waals surface area (Å²) in [6.45, 7) is 3.98. The van der Waals surface area contributed by atoms with Gasteiger partial charge in [-0.3, -0.25) is 9.59 Å². The summed E-state index contributed by atoms with van der Waals surface area (Å²) in [5.74, 6) is -7.01. The predicted octanol–water partition coefficient (Wildman–Crippen LogP) is 2.87. The quantitative estimate of drug-likeness (QED) is 0.546. The van der Waals surface area contributed by atoms with Gasteiger partial charge in [0.25, 0.3) is 5.91 Å². The van der Waals surface area contributed by atoms with Crippen LogP contribution in [0.1, 0.15) is 27.2 Å². The van der Waals surface area contributed by atoms with Crippen LogP contribution in [0.5, 0.6) is 0 Å². The number of hydrogen-bond acceptors (Lipinski definition) is 2. The van der Waals surface area contributed by atoms with E-state index >= 15 is 0 Å². The normalized spacial score (nSPS) is 12.7. The van der Waals surface area contributed by atoms with Crippen LogP contribution in [0.2, 0.25) is 0 Å². The van der Waals surface area contributed by atoms with Crippen LogP contribution in [0, 0.1) is 0 Å². The molecule has 0 atom stereocenters. The van der Waals surface area contributed by atoms with E-state index in [-0.39, 0.29) is 24.1 Å². The second-order valence-corrected chi connectivity index (χ2v) is 5.53. The summed E-state index contributed by atoms with van der Waals surface area (Å²) < 4.78 is 50.6. The maximum absolute atomic E-state index is 13.1. The maximum Gasteiger partial charge on any atom is 0.383 e. The molecule has 112 valence electrons. The summed E-state index contributed by atoms with van der Waals surface area (Å²) in [6, 6.07) is 0. The molecular weight excluding hydrogens is 334 g/mol. The lowest BCUT2D eigenvalue weighted by Crippen LogP contribution is -2.55. The number of nitrogens with zero attached hydrogens (tertiary/aromatic N) is 1. The second kappa shape index (κ2) is 6.67. The minimum Gasteiger partial charge on any atom is -0.332 e. The van der Waals surface area contributed by atoms with Gasteiger partial charge in [-0.15, -0.1) is 0 Å². The molecular formula is C11H16BrF4NO2. The number of ketones is 1. The summed E-state index contributed by atoms with van der Waals surface area (Å²) in [6.07, 6.45) is -4.25. The fraction of sp³-hybridized carbons (Fsp3) is 0.818. The highest BCUT2D eigenvalue weighted by atomic mass is 79.9. The molecule has 0 N–H and O–H groups in total. The van der Waals surface area contributed by atoms with Gasteiger partial charge in [0.1, 0.15) is 5.78 Å². The number of Topliss-reactive ketones (excluding diaryl/α,β-unsaturated/α-hetero) is 1. The van der Waals surface area contributed by atoms with E-state index in [9.17, 15) is 27.2 Å². The van der Waals surface area contributed by atoms with Crippen molar-refractivity contribution in [1.29, 1.82) is 0 Å². The lowest BCUT2D eigenvalue weighted by Gasteiger charge is -2.37. The van der Waals surface area contributed by atoms with E-state index in [0.717, 1.165) is 0 Å². The molecule has 0 spiro atoms. The Kier molecular flexibility index (Phi) is 6.44. The van der Waals surface area contributed by atoms with E-state index in [4.69, 9.17) is 0 Å². The third-order valence-corrected chi connectivity index (χ3v) is 3.00. The van der Waals surface area contributed by atoms with Crippen LogP contribution < -0.4 is 0 Å². The summed E-state index contributed by atoms with van der Waals surface area (Å²) in [4.78, 5) is 23.3. The fourth-order valence-corrected chi connectivity index (χ4v) is 1.60. The third kappa shape index (κ3) is 5.08. The van der Waals surface area contributed by atoms with Crippen molar-refractivity contribution in [2.75, 3.05) is 11.9 Å². The van der Waals surface area contributed by atoms with Crippen molar-refractivity contribution in [1.82, 2.24) is 4.90 Å². The monoisotopic (exact) mass is 349 g/mol. The molecule has 0 saturated carbocycles. The minimum absolute atomic E-state index is 0.0183. The molecule has 0 fully saturated rings. The number of hydrogen-bond donors (Lipinski definition) is 0. The number of alkyl halides is 5. The number of rotatable bonds is 6. The van der Waals surface area contributed by atoms with Crippen LogP contribution >= 0.6 is 15.9 Å². The molecule has 8 heteroatoms. The van der Waals surface area contributed by atoms with Gasteiger partial charge in [-0.25, -0.2) is 8.78 Å². The Morgan fingerprint density at radius 2 is 1.68 bits per heavy atom. The van der Waals surface area contributed by atoms with Crippen LogP contribution in [0.4, 0.5) is 17.6 Å². The molecule has 0 bridgehead atoms. The molecule has 0 aliphatic carbocycles. The Bertz CT molecular complexity index is 342. The molecule has 0 saturated heterocycles. The van der Waals surface area contributed by atoms with Gasteiger partial charge in [-0.05, 0) is 20.8 Å². The first-order valence-corrected chi connectivity index (χ1v) is 6.62. The van der Waals surface area contributed by atoms with Crippen LogP contribution in [0.25, 0.3) is 0 Å². The number of carbonyl (C=O) groups is 2. The fourth-order valence-electron chi connectivity index (χ4n) is 1.32. The van der Waals surface area contributed by atoms with Crippen molar-refractivity contribution in [2.24, 2.45) is 0 Å². The average Bonchev–Trinajstić information content (AvgIpc) is 2.26. The predicted molar refractivity (Wildman–Crippen MR) is 65.8 cm³/mol. The standard InChI is InChI=1S/C11H16BrF4NO2/c1-10(2,3)17(5-4-7(18)6-12)9(19)11(15,16)8(13)14/h8H,4-6H2,1-3H3. The molecule has 0 aliphatic heterocycles. The van der Waals surface area contributed by atoms with E-state index in [1.165, 1.54) is 20.8 Å². The van der Waals surface area contributed by atoms with Crippen molar-refractivity contribution >= 4 is 27.6 Å². The minimum atomic E-state index is -4.75. The van der Waals surface area contributed by atoms with Gasteiger partial charge in [0.15, 0.2) is 0 Å². The Balaban J connectivity index is 5.07. The van der Waals surface area contributed by atoms with Crippen LogP contribution in [0.15, 0.2) is 0 Å². The van der Waals surface area contributed by atoms with Gasteiger partial charge in [0, 0.05) is 18.5 Å². The van der Waals surface area contributed by atoms with Gasteiger partial charge < -0.3 is 4.90 Å². The van der Waals surface area contributed by atoms with Crippen molar-refractivity contribution in [3.8, 4) is 0 Å². The largest absolute Gasteiger partial charge is 0.383 e. The zero-order chi connectivity index (χ0) is 15.4. The molecule has 0 rings (SSSR count). The topological polar surface area (TPSA) is 37.4 Å². The van der Waals surface area contributed by atoms with E-state index in [0.29, 0.717) is 4.90 Å². The zero-order valence-electron chi connectivity index (χ0n) is 10.9. The molecule has 0 aliphatic rings. The second-order valence-electron chi connectivity index (χ2n) is 4.97. The van der Waals surface area contributed by atoms with E-state index in [1.54, 1.807) is 0 Å².